The van der Waals surface area contributed by atoms with Gasteiger partial charge in [0.25, 0.3) is 0 Å². The van der Waals surface area contributed by atoms with Crippen LogP contribution in [-0.2, 0) is 13.1 Å². The number of rotatable bonds is 6. The van der Waals surface area contributed by atoms with E-state index in [4.69, 9.17) is 4.42 Å². The highest BCUT2D eigenvalue weighted by molar-refractivity contribution is 9.10. The Kier molecular flexibility index (Phi) is 6.29. The van der Waals surface area contributed by atoms with Crippen LogP contribution >= 0.6 is 15.9 Å². The van der Waals surface area contributed by atoms with Crippen LogP contribution in [0.3, 0.4) is 0 Å². The topological polar surface area (TPSA) is 67.6 Å². The largest absolute Gasteiger partial charge is 0.468 e. The molecule has 2 aromatic heterocycles. The van der Waals surface area contributed by atoms with Gasteiger partial charge in [-0.25, -0.2) is 9.78 Å². The smallest absolute Gasteiger partial charge is 0.422 e. The molecule has 10 heteroatoms. The maximum Gasteiger partial charge on any atom is 0.422 e. The molecule has 0 fully saturated rings. The predicted molar refractivity (Wildman–Crippen MR) is 85.9 cm³/mol. The minimum atomic E-state index is -4.46. The number of amides is 2. The van der Waals surface area contributed by atoms with Gasteiger partial charge in [0.2, 0.25) is 5.88 Å². The molecule has 0 radical (unpaired) electrons. The number of hydrogen-bond donors (Lipinski definition) is 1. The van der Waals surface area contributed by atoms with Gasteiger partial charge in [-0.1, -0.05) is 6.07 Å². The second-order valence-corrected chi connectivity index (χ2v) is 5.87. The molecule has 2 rings (SSSR count). The van der Waals surface area contributed by atoms with Gasteiger partial charge in [0.05, 0.1) is 6.54 Å². The van der Waals surface area contributed by atoms with Crippen LogP contribution in [0.15, 0.2) is 39.5 Å². The average Bonchev–Trinajstić information content (AvgIpc) is 2.95. The molecule has 0 aliphatic rings. The summed E-state index contributed by atoms with van der Waals surface area (Å²) in [4.78, 5) is 17.2. The van der Waals surface area contributed by atoms with Gasteiger partial charge >= 0.3 is 12.2 Å². The molecule has 0 saturated carbocycles. The summed E-state index contributed by atoms with van der Waals surface area (Å²) in [6, 6.07) is 6.09. The van der Waals surface area contributed by atoms with Crippen LogP contribution in [0.4, 0.5) is 18.0 Å². The molecule has 0 spiro atoms. The highest BCUT2D eigenvalue weighted by atomic mass is 79.9. The molecule has 1 N–H and O–H groups in total. The van der Waals surface area contributed by atoms with Crippen molar-refractivity contribution in [3.8, 4) is 5.88 Å². The number of pyridine rings is 1. The molecule has 0 unspecified atom stereocenters. The molecule has 0 aromatic carbocycles. The number of hydrogen-bond acceptors (Lipinski definition) is 4. The number of urea groups is 1. The van der Waals surface area contributed by atoms with E-state index in [2.05, 4.69) is 31.0 Å². The van der Waals surface area contributed by atoms with Gasteiger partial charge in [-0.05, 0) is 34.1 Å². The summed E-state index contributed by atoms with van der Waals surface area (Å²) in [7, 11) is 1.57. The van der Waals surface area contributed by atoms with Crippen LogP contribution in [0.2, 0.25) is 0 Å². The zero-order valence-corrected chi connectivity index (χ0v) is 14.7. The first-order valence-electron chi connectivity index (χ1n) is 7.11. The molecule has 0 saturated heterocycles. The zero-order valence-electron chi connectivity index (χ0n) is 13.1. The summed E-state index contributed by atoms with van der Waals surface area (Å²) < 4.78 is 47.3. The number of aromatic nitrogens is 1. The Morgan fingerprint density at radius 3 is 2.80 bits per heavy atom. The Morgan fingerprint density at radius 2 is 2.16 bits per heavy atom. The quantitative estimate of drug-likeness (QED) is 0.771. The highest BCUT2D eigenvalue weighted by Crippen LogP contribution is 2.20. The van der Waals surface area contributed by atoms with Crippen LogP contribution in [-0.4, -0.2) is 35.7 Å². The van der Waals surface area contributed by atoms with Gasteiger partial charge in [0.15, 0.2) is 11.3 Å². The van der Waals surface area contributed by atoms with Crippen molar-refractivity contribution < 1.29 is 27.1 Å². The Labute approximate surface area is 150 Å². The van der Waals surface area contributed by atoms with Crippen molar-refractivity contribution in [2.45, 2.75) is 19.3 Å². The Bertz CT molecular complexity index is 721. The van der Waals surface area contributed by atoms with E-state index in [-0.39, 0.29) is 19.0 Å². The van der Waals surface area contributed by atoms with Gasteiger partial charge in [-0.15, -0.1) is 0 Å². The number of halogens is 4. The zero-order chi connectivity index (χ0) is 18.4. The van der Waals surface area contributed by atoms with Gasteiger partial charge in [-0.2, -0.15) is 13.2 Å². The normalized spacial score (nSPS) is 11.2. The summed E-state index contributed by atoms with van der Waals surface area (Å²) in [5, 5.41) is 2.60. The van der Waals surface area contributed by atoms with Crippen molar-refractivity contribution in [3.63, 3.8) is 0 Å². The Balaban J connectivity index is 1.90. The van der Waals surface area contributed by atoms with Crippen molar-refractivity contribution in [2.75, 3.05) is 13.7 Å². The number of furan rings is 1. The van der Waals surface area contributed by atoms with Crippen LogP contribution in [0.25, 0.3) is 0 Å². The van der Waals surface area contributed by atoms with E-state index in [1.807, 2.05) is 0 Å². The van der Waals surface area contributed by atoms with Crippen molar-refractivity contribution >= 4 is 22.0 Å². The fourth-order valence-corrected chi connectivity index (χ4v) is 2.23. The Morgan fingerprint density at radius 1 is 1.40 bits per heavy atom. The third kappa shape index (κ3) is 6.29. The van der Waals surface area contributed by atoms with Crippen LogP contribution < -0.4 is 10.1 Å². The van der Waals surface area contributed by atoms with Crippen LogP contribution in [0.1, 0.15) is 11.3 Å². The van der Waals surface area contributed by atoms with Crippen molar-refractivity contribution in [3.05, 3.63) is 46.5 Å². The lowest BCUT2D eigenvalue weighted by Gasteiger charge is -2.17. The van der Waals surface area contributed by atoms with Gasteiger partial charge in [0.1, 0.15) is 5.76 Å². The number of nitrogens with zero attached hydrogens (tertiary/aromatic N) is 2. The lowest BCUT2D eigenvalue weighted by molar-refractivity contribution is -0.154. The molecule has 2 amide bonds. The predicted octanol–water partition coefficient (Wildman–Crippen LogP) is 3.72. The summed E-state index contributed by atoms with van der Waals surface area (Å²) in [5.74, 6) is 0.415. The first-order chi connectivity index (χ1) is 11.7. The summed E-state index contributed by atoms with van der Waals surface area (Å²) in [5.41, 5.74) is 0.342. The molecule has 0 atom stereocenters. The minimum Gasteiger partial charge on any atom is -0.468 e. The van der Waals surface area contributed by atoms with Crippen molar-refractivity contribution in [1.82, 2.24) is 15.2 Å². The molecule has 0 aliphatic heterocycles. The van der Waals surface area contributed by atoms with E-state index in [0.29, 0.717) is 16.0 Å². The highest BCUT2D eigenvalue weighted by Gasteiger charge is 2.29. The molecule has 0 bridgehead atoms. The van der Waals surface area contributed by atoms with Gasteiger partial charge < -0.3 is 19.4 Å². The molecular formula is C15H15BrF3N3O3. The second kappa shape index (κ2) is 8.24. The lowest BCUT2D eigenvalue weighted by Crippen LogP contribution is -2.36. The maximum atomic E-state index is 12.3. The SMILES string of the molecule is CN(Cc1ccc(Br)o1)C(=O)NCc1cccnc1OCC(F)(F)F. The van der Waals surface area contributed by atoms with E-state index in [1.54, 1.807) is 25.2 Å². The van der Waals surface area contributed by atoms with Crippen molar-refractivity contribution in [1.29, 1.82) is 0 Å². The maximum absolute atomic E-state index is 12.3. The summed E-state index contributed by atoms with van der Waals surface area (Å²) >= 11 is 3.17. The number of carbonyl (C=O) groups is 1. The van der Waals surface area contributed by atoms with Gasteiger partial charge in [-0.3, -0.25) is 0 Å². The molecule has 25 heavy (non-hydrogen) atoms. The number of ether oxygens (including phenoxy) is 1. The first kappa shape index (κ1) is 19.1. The number of alkyl halides is 3. The van der Waals surface area contributed by atoms with Crippen LogP contribution in [0, 0.1) is 0 Å². The minimum absolute atomic E-state index is 0.0218. The number of nitrogens with one attached hydrogen (secondary N) is 1. The third-order valence-electron chi connectivity index (χ3n) is 3.02. The van der Waals surface area contributed by atoms with Gasteiger partial charge in [0, 0.05) is 25.4 Å². The van der Waals surface area contributed by atoms with Crippen LogP contribution in [0.5, 0.6) is 5.88 Å². The monoisotopic (exact) mass is 421 g/mol. The molecule has 2 heterocycles. The molecule has 136 valence electrons. The molecule has 0 aliphatic carbocycles. The Hall–Kier alpha value is -2.23. The average molecular weight is 422 g/mol. The fourth-order valence-electron chi connectivity index (χ4n) is 1.89. The van der Waals surface area contributed by atoms with E-state index < -0.39 is 18.8 Å². The van der Waals surface area contributed by atoms with E-state index in [1.165, 1.54) is 17.2 Å². The summed E-state index contributed by atoms with van der Waals surface area (Å²) in [6.45, 7) is -1.23. The third-order valence-corrected chi connectivity index (χ3v) is 3.45. The first-order valence-corrected chi connectivity index (χ1v) is 7.90. The molecule has 6 nitrogen and oxygen atoms in total. The molecule has 2 aromatic rings. The van der Waals surface area contributed by atoms with Crippen molar-refractivity contribution in [2.24, 2.45) is 0 Å². The second-order valence-electron chi connectivity index (χ2n) is 5.09. The summed E-state index contributed by atoms with van der Waals surface area (Å²) in [6.07, 6.45) is -3.15. The fraction of sp³-hybridized carbons (Fsp3) is 0.333. The van der Waals surface area contributed by atoms with E-state index in [9.17, 15) is 18.0 Å². The van der Waals surface area contributed by atoms with E-state index in [0.717, 1.165) is 0 Å². The standard InChI is InChI=1S/C15H15BrF3N3O3/c1-22(8-11-4-5-12(16)25-11)14(23)21-7-10-3-2-6-20-13(10)24-9-15(17,18)19/h2-6H,7-9H2,1H3,(H,21,23). The lowest BCUT2D eigenvalue weighted by atomic mass is 10.2. The van der Waals surface area contributed by atoms with E-state index >= 15 is 0 Å². The number of carbonyl (C=O) groups excluding carboxylic acids is 1. The molecular weight excluding hydrogens is 407 g/mol.